The van der Waals surface area contributed by atoms with Crippen molar-refractivity contribution in [3.63, 3.8) is 0 Å². The molecule has 0 radical (unpaired) electrons. The van der Waals surface area contributed by atoms with E-state index in [1.165, 1.54) is 17.8 Å². The van der Waals surface area contributed by atoms with Gasteiger partial charge in [-0.3, -0.25) is 10.1 Å². The second-order valence-corrected chi connectivity index (χ2v) is 5.74. The number of aromatic amines is 1. The summed E-state index contributed by atoms with van der Waals surface area (Å²) in [5.41, 5.74) is 0.0493. The second-order valence-electron chi connectivity index (χ2n) is 4.66. The molecule has 2 N–H and O–H groups in total. The van der Waals surface area contributed by atoms with Crippen molar-refractivity contribution in [3.05, 3.63) is 22.1 Å². The highest BCUT2D eigenvalue weighted by molar-refractivity contribution is 7.99. The third-order valence-corrected chi connectivity index (χ3v) is 3.58. The third kappa shape index (κ3) is 5.45. The highest BCUT2D eigenvalue weighted by atomic mass is 32.2. The number of aryl methyl sites for hydroxylation is 1. The number of H-pyrrole nitrogens is 1. The van der Waals surface area contributed by atoms with E-state index in [-0.39, 0.29) is 5.56 Å². The van der Waals surface area contributed by atoms with E-state index in [0.717, 1.165) is 18.7 Å². The molecule has 1 aromatic rings. The Hall–Kier alpha value is -1.32. The monoisotopic (exact) mass is 280 g/mol. The van der Waals surface area contributed by atoms with Gasteiger partial charge in [-0.2, -0.15) is 5.26 Å². The van der Waals surface area contributed by atoms with E-state index in [0.29, 0.717) is 17.3 Å². The first kappa shape index (κ1) is 15.7. The predicted octanol–water partition coefficient (Wildman–Crippen LogP) is 1.84. The molecule has 19 heavy (non-hydrogen) atoms. The van der Waals surface area contributed by atoms with Crippen LogP contribution in [0.15, 0.2) is 16.0 Å². The minimum absolute atomic E-state index is 0.137. The summed E-state index contributed by atoms with van der Waals surface area (Å²) < 4.78 is 0. The molecule has 1 aromatic heterocycles. The quantitative estimate of drug-likeness (QED) is 0.588. The van der Waals surface area contributed by atoms with Gasteiger partial charge in [0.2, 0.25) is 0 Å². The smallest absolute Gasteiger partial charge is 0.251 e. The molecule has 0 saturated heterocycles. The van der Waals surface area contributed by atoms with Crippen LogP contribution in [0.2, 0.25) is 0 Å². The standard InChI is InChI=1S/C13H20N4OS/c1-4-6-15-13(3,9-14)5-7-19-12-16-10(2)8-11(18)17-12/h8,15H,4-7H2,1-3H3,(H,16,17,18). The first-order valence-electron chi connectivity index (χ1n) is 6.36. The Kier molecular flexibility index (Phi) is 6.06. The Morgan fingerprint density at radius 2 is 2.37 bits per heavy atom. The van der Waals surface area contributed by atoms with Crippen LogP contribution in [0.4, 0.5) is 0 Å². The Morgan fingerprint density at radius 1 is 1.63 bits per heavy atom. The summed E-state index contributed by atoms with van der Waals surface area (Å²) in [6.45, 7) is 6.59. The van der Waals surface area contributed by atoms with E-state index < -0.39 is 5.54 Å². The average Bonchev–Trinajstić information content (AvgIpc) is 2.35. The topological polar surface area (TPSA) is 81.6 Å². The molecule has 0 bridgehead atoms. The summed E-state index contributed by atoms with van der Waals surface area (Å²) >= 11 is 1.47. The van der Waals surface area contributed by atoms with Gasteiger partial charge in [-0.15, -0.1) is 0 Å². The molecule has 0 aliphatic rings. The van der Waals surface area contributed by atoms with E-state index in [4.69, 9.17) is 0 Å². The van der Waals surface area contributed by atoms with Crippen LogP contribution in [-0.4, -0.2) is 27.8 Å². The van der Waals surface area contributed by atoms with Crippen molar-refractivity contribution in [2.75, 3.05) is 12.3 Å². The van der Waals surface area contributed by atoms with E-state index in [2.05, 4.69) is 28.3 Å². The van der Waals surface area contributed by atoms with Gasteiger partial charge in [-0.05, 0) is 33.2 Å². The lowest BCUT2D eigenvalue weighted by Gasteiger charge is -2.22. The highest BCUT2D eigenvalue weighted by Crippen LogP contribution is 2.18. The van der Waals surface area contributed by atoms with Crippen molar-refractivity contribution < 1.29 is 0 Å². The van der Waals surface area contributed by atoms with Crippen LogP contribution < -0.4 is 10.9 Å². The molecule has 5 nitrogen and oxygen atoms in total. The molecule has 1 rings (SSSR count). The maximum atomic E-state index is 11.3. The van der Waals surface area contributed by atoms with Crippen LogP contribution in [0, 0.1) is 18.3 Å². The number of nitriles is 1. The predicted molar refractivity (Wildman–Crippen MR) is 77.2 cm³/mol. The number of rotatable bonds is 7. The molecule has 0 fully saturated rings. The van der Waals surface area contributed by atoms with Crippen LogP contribution in [0.5, 0.6) is 0 Å². The maximum Gasteiger partial charge on any atom is 0.251 e. The normalized spacial score (nSPS) is 13.8. The van der Waals surface area contributed by atoms with Crippen molar-refractivity contribution in [3.8, 4) is 6.07 Å². The summed E-state index contributed by atoms with van der Waals surface area (Å²) in [4.78, 5) is 18.2. The average molecular weight is 280 g/mol. The van der Waals surface area contributed by atoms with Crippen LogP contribution in [0.25, 0.3) is 0 Å². The SMILES string of the molecule is CCCNC(C)(C#N)CCSc1nc(C)cc(=O)[nH]1. The maximum absolute atomic E-state index is 11.3. The van der Waals surface area contributed by atoms with Gasteiger partial charge in [-0.25, -0.2) is 4.98 Å². The van der Waals surface area contributed by atoms with Gasteiger partial charge in [0.05, 0.1) is 6.07 Å². The molecule has 1 heterocycles. The van der Waals surface area contributed by atoms with Crippen molar-refractivity contribution in [2.45, 2.75) is 44.3 Å². The zero-order chi connectivity index (χ0) is 14.3. The number of thioether (sulfide) groups is 1. The molecule has 0 aliphatic carbocycles. The molecule has 0 amide bonds. The Balaban J connectivity index is 2.53. The number of hydrogen-bond acceptors (Lipinski definition) is 5. The van der Waals surface area contributed by atoms with Crippen LogP contribution in [0.3, 0.4) is 0 Å². The molecule has 1 unspecified atom stereocenters. The van der Waals surface area contributed by atoms with E-state index in [1.807, 2.05) is 6.92 Å². The fraction of sp³-hybridized carbons (Fsp3) is 0.615. The lowest BCUT2D eigenvalue weighted by molar-refractivity contribution is 0.437. The molecule has 0 aliphatic heterocycles. The zero-order valence-corrected chi connectivity index (χ0v) is 12.4. The number of nitrogens with one attached hydrogen (secondary N) is 2. The van der Waals surface area contributed by atoms with Crippen molar-refractivity contribution >= 4 is 11.8 Å². The summed E-state index contributed by atoms with van der Waals surface area (Å²) in [5.74, 6) is 0.729. The van der Waals surface area contributed by atoms with Crippen LogP contribution in [0.1, 0.15) is 32.4 Å². The van der Waals surface area contributed by atoms with Gasteiger partial charge in [-0.1, -0.05) is 18.7 Å². The van der Waals surface area contributed by atoms with Gasteiger partial charge < -0.3 is 4.98 Å². The largest absolute Gasteiger partial charge is 0.301 e. The number of nitrogens with zero attached hydrogens (tertiary/aromatic N) is 2. The summed E-state index contributed by atoms with van der Waals surface area (Å²) in [7, 11) is 0. The molecular weight excluding hydrogens is 260 g/mol. The Bertz CT molecular complexity index is 508. The third-order valence-electron chi connectivity index (χ3n) is 2.70. The summed E-state index contributed by atoms with van der Waals surface area (Å²) in [6, 6.07) is 3.77. The van der Waals surface area contributed by atoms with Gasteiger partial charge in [0.1, 0.15) is 5.54 Å². The molecule has 6 heteroatoms. The van der Waals surface area contributed by atoms with E-state index in [9.17, 15) is 10.1 Å². The van der Waals surface area contributed by atoms with E-state index in [1.54, 1.807) is 6.92 Å². The highest BCUT2D eigenvalue weighted by Gasteiger charge is 2.22. The molecular formula is C13H20N4OS. The molecule has 104 valence electrons. The Labute approximate surface area is 117 Å². The van der Waals surface area contributed by atoms with Gasteiger partial charge in [0.25, 0.3) is 5.56 Å². The van der Waals surface area contributed by atoms with Gasteiger partial charge >= 0.3 is 0 Å². The molecule has 1 atom stereocenters. The fourth-order valence-electron chi connectivity index (χ4n) is 1.56. The van der Waals surface area contributed by atoms with Crippen LogP contribution in [-0.2, 0) is 0 Å². The van der Waals surface area contributed by atoms with Crippen molar-refractivity contribution in [1.29, 1.82) is 5.26 Å². The zero-order valence-electron chi connectivity index (χ0n) is 11.6. The summed E-state index contributed by atoms with van der Waals surface area (Å²) in [6.07, 6.45) is 1.70. The van der Waals surface area contributed by atoms with Crippen molar-refractivity contribution in [2.24, 2.45) is 0 Å². The fourth-order valence-corrected chi connectivity index (χ4v) is 2.64. The van der Waals surface area contributed by atoms with Crippen LogP contribution >= 0.6 is 11.8 Å². The lowest BCUT2D eigenvalue weighted by Crippen LogP contribution is -2.41. The first-order valence-corrected chi connectivity index (χ1v) is 7.34. The molecule has 0 aromatic carbocycles. The van der Waals surface area contributed by atoms with Gasteiger partial charge in [0.15, 0.2) is 5.16 Å². The van der Waals surface area contributed by atoms with Gasteiger partial charge in [0, 0.05) is 17.5 Å². The number of aromatic nitrogens is 2. The first-order chi connectivity index (χ1) is 8.99. The minimum atomic E-state index is -0.521. The molecule has 0 spiro atoms. The lowest BCUT2D eigenvalue weighted by atomic mass is 10.0. The minimum Gasteiger partial charge on any atom is -0.301 e. The number of hydrogen-bond donors (Lipinski definition) is 2. The molecule has 0 saturated carbocycles. The van der Waals surface area contributed by atoms with E-state index >= 15 is 0 Å². The second kappa shape index (κ2) is 7.31. The van der Waals surface area contributed by atoms with Crippen molar-refractivity contribution in [1.82, 2.24) is 15.3 Å². The Morgan fingerprint density at radius 3 is 2.95 bits per heavy atom. The summed E-state index contributed by atoms with van der Waals surface area (Å²) in [5, 5.41) is 13.1.